The molecule has 0 fully saturated rings. The van der Waals surface area contributed by atoms with Gasteiger partial charge < -0.3 is 9.84 Å². The molecule has 0 atom stereocenters. The Balaban J connectivity index is 3.28. The van der Waals surface area contributed by atoms with Crippen molar-refractivity contribution >= 4 is 15.9 Å². The molecule has 3 nitrogen and oxygen atoms in total. The van der Waals surface area contributed by atoms with Crippen LogP contribution >= 0.6 is 15.9 Å². The monoisotopic (exact) mass is 267 g/mol. The summed E-state index contributed by atoms with van der Waals surface area (Å²) in [6.07, 6.45) is -1.51. The summed E-state index contributed by atoms with van der Waals surface area (Å²) in [4.78, 5) is 3.52. The molecular formula is C8H8BrF2NO2. The third-order valence-electron chi connectivity index (χ3n) is 1.65. The van der Waals surface area contributed by atoms with Gasteiger partial charge in [-0.2, -0.15) is 0 Å². The van der Waals surface area contributed by atoms with Crippen molar-refractivity contribution in [1.82, 2.24) is 4.98 Å². The van der Waals surface area contributed by atoms with Crippen LogP contribution < -0.4 is 4.74 Å². The van der Waals surface area contributed by atoms with E-state index in [2.05, 4.69) is 20.9 Å². The maximum absolute atomic E-state index is 12.4. The van der Waals surface area contributed by atoms with E-state index in [9.17, 15) is 8.78 Å². The number of pyridine rings is 1. The van der Waals surface area contributed by atoms with Gasteiger partial charge in [0.25, 0.3) is 6.43 Å². The van der Waals surface area contributed by atoms with Crippen molar-refractivity contribution in [3.8, 4) is 5.75 Å². The first-order chi connectivity index (χ1) is 6.61. The number of nitrogens with zero attached hydrogens (tertiary/aromatic N) is 1. The second kappa shape index (κ2) is 4.65. The normalized spacial score (nSPS) is 10.7. The number of alkyl halides is 2. The minimum atomic E-state index is -2.70. The Labute approximate surface area is 87.9 Å². The molecule has 1 aromatic heterocycles. The predicted molar refractivity (Wildman–Crippen MR) is 49.4 cm³/mol. The quantitative estimate of drug-likeness (QED) is 0.914. The van der Waals surface area contributed by atoms with Crippen molar-refractivity contribution in [2.24, 2.45) is 0 Å². The Bertz CT molecular complexity index is 333. The van der Waals surface area contributed by atoms with Crippen molar-refractivity contribution in [2.75, 3.05) is 7.11 Å². The van der Waals surface area contributed by atoms with Gasteiger partial charge in [-0.25, -0.2) is 8.78 Å². The third kappa shape index (κ3) is 2.01. The highest BCUT2D eigenvalue weighted by Crippen LogP contribution is 2.35. The minimum Gasteiger partial charge on any atom is -0.493 e. The molecule has 0 saturated heterocycles. The zero-order chi connectivity index (χ0) is 10.7. The Morgan fingerprint density at radius 1 is 1.64 bits per heavy atom. The van der Waals surface area contributed by atoms with Gasteiger partial charge in [0, 0.05) is 11.8 Å². The average Bonchev–Trinajstić information content (AvgIpc) is 2.17. The molecule has 1 N–H and O–H groups in total. The highest BCUT2D eigenvalue weighted by atomic mass is 79.9. The number of aliphatic hydroxyl groups is 1. The summed E-state index contributed by atoms with van der Waals surface area (Å²) < 4.78 is 29.9. The summed E-state index contributed by atoms with van der Waals surface area (Å²) in [7, 11) is 1.27. The number of hydrogen-bond acceptors (Lipinski definition) is 3. The number of ether oxygens (including phenoxy) is 1. The van der Waals surface area contributed by atoms with E-state index < -0.39 is 12.1 Å². The molecule has 0 aliphatic rings. The Hall–Kier alpha value is -0.750. The van der Waals surface area contributed by atoms with E-state index in [4.69, 9.17) is 9.84 Å². The lowest BCUT2D eigenvalue weighted by molar-refractivity contribution is 0.141. The van der Waals surface area contributed by atoms with Crippen LogP contribution in [-0.4, -0.2) is 17.2 Å². The summed E-state index contributed by atoms with van der Waals surface area (Å²) >= 11 is 3.06. The van der Waals surface area contributed by atoms with Crippen LogP contribution in [0, 0.1) is 0 Å². The van der Waals surface area contributed by atoms with Gasteiger partial charge in [0.2, 0.25) is 0 Å². The predicted octanol–water partition coefficient (Wildman–Crippen LogP) is 2.28. The van der Waals surface area contributed by atoms with Crippen LogP contribution in [-0.2, 0) is 6.61 Å². The van der Waals surface area contributed by atoms with Crippen molar-refractivity contribution < 1.29 is 18.6 Å². The van der Waals surface area contributed by atoms with E-state index in [-0.39, 0.29) is 12.4 Å². The van der Waals surface area contributed by atoms with E-state index in [1.165, 1.54) is 13.3 Å². The lowest BCUT2D eigenvalue weighted by atomic mass is 10.2. The van der Waals surface area contributed by atoms with Crippen LogP contribution in [0.2, 0.25) is 0 Å². The maximum atomic E-state index is 12.4. The van der Waals surface area contributed by atoms with Gasteiger partial charge in [-0.1, -0.05) is 0 Å². The van der Waals surface area contributed by atoms with Crippen LogP contribution in [0.1, 0.15) is 17.7 Å². The molecule has 1 heterocycles. The largest absolute Gasteiger partial charge is 0.493 e. The van der Waals surface area contributed by atoms with Crippen molar-refractivity contribution in [3.63, 3.8) is 0 Å². The molecule has 1 aromatic rings. The lowest BCUT2D eigenvalue weighted by Gasteiger charge is -2.10. The van der Waals surface area contributed by atoms with Gasteiger partial charge in [0.05, 0.1) is 18.2 Å². The second-order valence-electron chi connectivity index (χ2n) is 2.47. The Kier molecular flexibility index (Phi) is 3.77. The fourth-order valence-electron chi connectivity index (χ4n) is 0.981. The highest BCUT2D eigenvalue weighted by molar-refractivity contribution is 9.10. The summed E-state index contributed by atoms with van der Waals surface area (Å²) in [5.41, 5.74) is -0.0252. The SMILES string of the molecule is COc1c(C(F)F)ncc(CO)c1Br. The molecule has 0 amide bonds. The number of halogens is 3. The summed E-state index contributed by atoms with van der Waals surface area (Å²) in [5.74, 6) is -0.0356. The molecule has 0 aliphatic heterocycles. The summed E-state index contributed by atoms with van der Waals surface area (Å²) in [6, 6.07) is 0. The molecule has 0 spiro atoms. The Morgan fingerprint density at radius 3 is 2.71 bits per heavy atom. The van der Waals surface area contributed by atoms with E-state index in [0.717, 1.165) is 0 Å². The zero-order valence-electron chi connectivity index (χ0n) is 7.30. The summed E-state index contributed by atoms with van der Waals surface area (Å²) in [6.45, 7) is -0.284. The van der Waals surface area contributed by atoms with Crippen LogP contribution in [0.4, 0.5) is 8.78 Å². The van der Waals surface area contributed by atoms with Gasteiger partial charge in [-0.05, 0) is 15.9 Å². The maximum Gasteiger partial charge on any atom is 0.284 e. The summed E-state index contributed by atoms with van der Waals surface area (Å²) in [5, 5.41) is 8.85. The Morgan fingerprint density at radius 2 is 2.29 bits per heavy atom. The first kappa shape index (κ1) is 11.3. The molecule has 0 aliphatic carbocycles. The smallest absolute Gasteiger partial charge is 0.284 e. The number of hydrogen-bond donors (Lipinski definition) is 1. The molecule has 0 bridgehead atoms. The molecule has 0 aromatic carbocycles. The van der Waals surface area contributed by atoms with E-state index >= 15 is 0 Å². The van der Waals surface area contributed by atoms with Crippen molar-refractivity contribution in [3.05, 3.63) is 21.9 Å². The fourth-order valence-corrected chi connectivity index (χ4v) is 1.57. The van der Waals surface area contributed by atoms with E-state index in [1.807, 2.05) is 0 Å². The van der Waals surface area contributed by atoms with E-state index in [1.54, 1.807) is 0 Å². The number of aromatic nitrogens is 1. The number of methoxy groups -OCH3 is 1. The topological polar surface area (TPSA) is 42.4 Å². The van der Waals surface area contributed by atoms with Gasteiger partial charge in [-0.3, -0.25) is 4.98 Å². The molecule has 78 valence electrons. The third-order valence-corrected chi connectivity index (χ3v) is 2.52. The zero-order valence-corrected chi connectivity index (χ0v) is 8.88. The van der Waals surface area contributed by atoms with Gasteiger partial charge >= 0.3 is 0 Å². The lowest BCUT2D eigenvalue weighted by Crippen LogP contribution is -2.00. The van der Waals surface area contributed by atoms with Crippen LogP contribution in [0.15, 0.2) is 10.7 Å². The standard InChI is InChI=1S/C8H8BrF2NO2/c1-14-7-5(9)4(3-13)2-12-6(7)8(10)11/h2,8,13H,3H2,1H3. The fraction of sp³-hybridized carbons (Fsp3) is 0.375. The molecule has 0 unspecified atom stereocenters. The molecular weight excluding hydrogens is 260 g/mol. The molecule has 14 heavy (non-hydrogen) atoms. The first-order valence-electron chi connectivity index (χ1n) is 3.72. The molecule has 6 heteroatoms. The molecule has 0 saturated carbocycles. The van der Waals surface area contributed by atoms with Crippen molar-refractivity contribution in [1.29, 1.82) is 0 Å². The van der Waals surface area contributed by atoms with E-state index in [0.29, 0.717) is 10.0 Å². The van der Waals surface area contributed by atoms with Crippen LogP contribution in [0.3, 0.4) is 0 Å². The van der Waals surface area contributed by atoms with Crippen LogP contribution in [0.25, 0.3) is 0 Å². The molecule has 1 rings (SSSR count). The minimum absolute atomic E-state index is 0.0356. The number of rotatable bonds is 3. The molecule has 0 radical (unpaired) electrons. The first-order valence-corrected chi connectivity index (χ1v) is 4.51. The van der Waals surface area contributed by atoms with Gasteiger partial charge in [0.15, 0.2) is 5.75 Å². The average molecular weight is 268 g/mol. The second-order valence-corrected chi connectivity index (χ2v) is 3.27. The van der Waals surface area contributed by atoms with Crippen molar-refractivity contribution in [2.45, 2.75) is 13.0 Å². The number of aliphatic hydroxyl groups excluding tert-OH is 1. The van der Waals surface area contributed by atoms with Gasteiger partial charge in [0.1, 0.15) is 5.69 Å². The highest BCUT2D eigenvalue weighted by Gasteiger charge is 2.20. The van der Waals surface area contributed by atoms with Crippen LogP contribution in [0.5, 0.6) is 5.75 Å². The van der Waals surface area contributed by atoms with Gasteiger partial charge in [-0.15, -0.1) is 0 Å².